The van der Waals surface area contributed by atoms with Crippen molar-refractivity contribution in [3.63, 3.8) is 0 Å². The molecule has 84 valence electrons. The maximum atomic E-state index is 12.8. The van der Waals surface area contributed by atoms with Crippen LogP contribution in [0.1, 0.15) is 12.0 Å². The SMILES string of the molecule is COCC(Br)CCc1ccc(F)cc1Br. The molecular formula is C11H13Br2FO. The molecule has 1 nitrogen and oxygen atoms in total. The molecule has 0 saturated heterocycles. The Morgan fingerprint density at radius 1 is 1.47 bits per heavy atom. The molecule has 15 heavy (non-hydrogen) atoms. The summed E-state index contributed by atoms with van der Waals surface area (Å²) in [4.78, 5) is 0.347. The molecule has 0 heterocycles. The third-order valence-electron chi connectivity index (χ3n) is 2.09. The van der Waals surface area contributed by atoms with Gasteiger partial charge in [-0.05, 0) is 30.5 Å². The lowest BCUT2D eigenvalue weighted by Crippen LogP contribution is -2.07. The van der Waals surface area contributed by atoms with Gasteiger partial charge in [0, 0.05) is 16.4 Å². The van der Waals surface area contributed by atoms with Gasteiger partial charge in [0.1, 0.15) is 5.82 Å². The maximum Gasteiger partial charge on any atom is 0.124 e. The van der Waals surface area contributed by atoms with Gasteiger partial charge in [0.15, 0.2) is 0 Å². The first-order chi connectivity index (χ1) is 7.13. The van der Waals surface area contributed by atoms with E-state index >= 15 is 0 Å². The molecule has 0 saturated carbocycles. The van der Waals surface area contributed by atoms with Crippen molar-refractivity contribution in [3.8, 4) is 0 Å². The van der Waals surface area contributed by atoms with Crippen molar-refractivity contribution in [2.24, 2.45) is 0 Å². The lowest BCUT2D eigenvalue weighted by molar-refractivity contribution is 0.198. The summed E-state index contributed by atoms with van der Waals surface area (Å²) in [6.45, 7) is 0.693. The number of methoxy groups -OCH3 is 1. The van der Waals surface area contributed by atoms with Gasteiger partial charge in [0.2, 0.25) is 0 Å². The van der Waals surface area contributed by atoms with Gasteiger partial charge in [0.25, 0.3) is 0 Å². The molecular weight excluding hydrogens is 327 g/mol. The maximum absolute atomic E-state index is 12.8. The normalized spacial score (nSPS) is 12.8. The third kappa shape index (κ3) is 4.62. The zero-order chi connectivity index (χ0) is 11.3. The predicted octanol–water partition coefficient (Wildman–Crippen LogP) is 3.93. The van der Waals surface area contributed by atoms with Crippen LogP contribution in [0, 0.1) is 5.82 Å². The molecule has 1 rings (SSSR count). The van der Waals surface area contributed by atoms with E-state index in [9.17, 15) is 4.39 Å². The highest BCUT2D eigenvalue weighted by Crippen LogP contribution is 2.21. The summed E-state index contributed by atoms with van der Waals surface area (Å²) in [6, 6.07) is 4.79. The van der Waals surface area contributed by atoms with E-state index in [1.54, 1.807) is 7.11 Å². The van der Waals surface area contributed by atoms with Gasteiger partial charge >= 0.3 is 0 Å². The molecule has 0 bridgehead atoms. The second-order valence-corrected chi connectivity index (χ2v) is 5.48. The zero-order valence-corrected chi connectivity index (χ0v) is 11.6. The minimum absolute atomic E-state index is 0.210. The Kier molecular flexibility index (Phi) is 5.79. The summed E-state index contributed by atoms with van der Waals surface area (Å²) < 4.78 is 18.7. The topological polar surface area (TPSA) is 9.23 Å². The summed E-state index contributed by atoms with van der Waals surface area (Å²) >= 11 is 6.87. The summed E-state index contributed by atoms with van der Waals surface area (Å²) in [5, 5.41) is 0. The van der Waals surface area contributed by atoms with Crippen LogP contribution in [0.2, 0.25) is 0 Å². The van der Waals surface area contributed by atoms with Crippen LogP contribution in [0.4, 0.5) is 4.39 Å². The van der Waals surface area contributed by atoms with Gasteiger partial charge in [-0.25, -0.2) is 4.39 Å². The number of ether oxygens (including phenoxy) is 1. The lowest BCUT2D eigenvalue weighted by atomic mass is 10.1. The van der Waals surface area contributed by atoms with Crippen molar-refractivity contribution < 1.29 is 9.13 Å². The van der Waals surface area contributed by atoms with E-state index in [1.807, 2.05) is 6.07 Å². The Labute approximate surface area is 106 Å². The smallest absolute Gasteiger partial charge is 0.124 e. The monoisotopic (exact) mass is 338 g/mol. The van der Waals surface area contributed by atoms with Crippen LogP contribution in [-0.2, 0) is 11.2 Å². The Morgan fingerprint density at radius 2 is 2.20 bits per heavy atom. The number of hydrogen-bond donors (Lipinski definition) is 0. The van der Waals surface area contributed by atoms with Crippen LogP contribution in [0.3, 0.4) is 0 Å². The van der Waals surface area contributed by atoms with E-state index in [-0.39, 0.29) is 5.82 Å². The number of alkyl halides is 1. The van der Waals surface area contributed by atoms with E-state index in [2.05, 4.69) is 31.9 Å². The highest BCUT2D eigenvalue weighted by molar-refractivity contribution is 9.10. The van der Waals surface area contributed by atoms with Crippen LogP contribution >= 0.6 is 31.9 Å². The average molecular weight is 340 g/mol. The van der Waals surface area contributed by atoms with Gasteiger partial charge in [-0.2, -0.15) is 0 Å². The Hall–Kier alpha value is 0.0700. The van der Waals surface area contributed by atoms with Crippen molar-refractivity contribution in [3.05, 3.63) is 34.1 Å². The molecule has 0 radical (unpaired) electrons. The number of aryl methyl sites for hydroxylation is 1. The van der Waals surface area contributed by atoms with E-state index in [0.29, 0.717) is 11.4 Å². The lowest BCUT2D eigenvalue weighted by Gasteiger charge is -2.09. The van der Waals surface area contributed by atoms with Gasteiger partial charge in [-0.3, -0.25) is 0 Å². The van der Waals surface area contributed by atoms with Crippen molar-refractivity contribution >= 4 is 31.9 Å². The number of rotatable bonds is 5. The number of hydrogen-bond acceptors (Lipinski definition) is 1. The highest BCUT2D eigenvalue weighted by Gasteiger charge is 2.06. The standard InChI is InChI=1S/C11H13Br2FO/c1-15-7-9(12)4-2-8-3-5-10(14)6-11(8)13/h3,5-6,9H,2,4,7H2,1H3. The van der Waals surface area contributed by atoms with Crippen molar-refractivity contribution in [2.45, 2.75) is 17.7 Å². The minimum Gasteiger partial charge on any atom is -0.384 e. The quantitative estimate of drug-likeness (QED) is 0.738. The fourth-order valence-electron chi connectivity index (χ4n) is 1.30. The van der Waals surface area contributed by atoms with Crippen LogP contribution in [-0.4, -0.2) is 18.5 Å². The van der Waals surface area contributed by atoms with E-state index in [0.717, 1.165) is 22.9 Å². The van der Waals surface area contributed by atoms with Crippen LogP contribution < -0.4 is 0 Å². The highest BCUT2D eigenvalue weighted by atomic mass is 79.9. The molecule has 1 aromatic rings. The molecule has 0 aliphatic heterocycles. The van der Waals surface area contributed by atoms with E-state index < -0.39 is 0 Å². The van der Waals surface area contributed by atoms with Crippen molar-refractivity contribution in [1.82, 2.24) is 0 Å². The van der Waals surface area contributed by atoms with Crippen molar-refractivity contribution in [2.75, 3.05) is 13.7 Å². The van der Waals surface area contributed by atoms with Crippen LogP contribution in [0.15, 0.2) is 22.7 Å². The summed E-state index contributed by atoms with van der Waals surface area (Å²) in [7, 11) is 1.68. The number of halogens is 3. The zero-order valence-electron chi connectivity index (χ0n) is 8.47. The van der Waals surface area contributed by atoms with Crippen molar-refractivity contribution in [1.29, 1.82) is 0 Å². The van der Waals surface area contributed by atoms with Gasteiger partial charge < -0.3 is 4.74 Å². The fourth-order valence-corrected chi connectivity index (χ4v) is 2.34. The molecule has 0 amide bonds. The molecule has 0 fully saturated rings. The Morgan fingerprint density at radius 3 is 2.80 bits per heavy atom. The Balaban J connectivity index is 2.50. The predicted molar refractivity (Wildman–Crippen MR) is 67.0 cm³/mol. The molecule has 1 atom stereocenters. The number of benzene rings is 1. The molecule has 1 unspecified atom stereocenters. The first-order valence-corrected chi connectivity index (χ1v) is 6.41. The minimum atomic E-state index is -0.210. The van der Waals surface area contributed by atoms with E-state index in [1.165, 1.54) is 12.1 Å². The summed E-state index contributed by atoms with van der Waals surface area (Å²) in [5.74, 6) is -0.210. The molecule has 0 aliphatic rings. The van der Waals surface area contributed by atoms with Gasteiger partial charge in [0.05, 0.1) is 6.61 Å². The molecule has 0 N–H and O–H groups in total. The summed E-state index contributed by atoms with van der Waals surface area (Å²) in [5.41, 5.74) is 1.12. The molecule has 1 aromatic carbocycles. The van der Waals surface area contributed by atoms with Crippen LogP contribution in [0.5, 0.6) is 0 Å². The summed E-state index contributed by atoms with van der Waals surface area (Å²) in [6.07, 6.45) is 1.87. The largest absolute Gasteiger partial charge is 0.384 e. The second kappa shape index (κ2) is 6.61. The fraction of sp³-hybridized carbons (Fsp3) is 0.455. The molecule has 0 spiro atoms. The Bertz CT molecular complexity index is 317. The molecule has 4 heteroatoms. The first kappa shape index (κ1) is 13.1. The first-order valence-electron chi connectivity index (χ1n) is 4.70. The van der Waals surface area contributed by atoms with Gasteiger partial charge in [-0.1, -0.05) is 37.9 Å². The molecule has 0 aliphatic carbocycles. The van der Waals surface area contributed by atoms with E-state index in [4.69, 9.17) is 4.74 Å². The average Bonchev–Trinajstić information content (AvgIpc) is 2.17. The van der Waals surface area contributed by atoms with Gasteiger partial charge in [-0.15, -0.1) is 0 Å². The second-order valence-electron chi connectivity index (χ2n) is 3.33. The third-order valence-corrected chi connectivity index (χ3v) is 3.55. The van der Waals surface area contributed by atoms with Crippen LogP contribution in [0.25, 0.3) is 0 Å². The molecule has 0 aromatic heterocycles.